The van der Waals surface area contributed by atoms with Crippen molar-refractivity contribution in [1.82, 2.24) is 5.32 Å². The Kier molecular flexibility index (Phi) is 4.86. The van der Waals surface area contributed by atoms with Crippen LogP contribution in [-0.2, 0) is 6.42 Å². The molecule has 0 amide bonds. The molecule has 1 nitrogen and oxygen atoms in total. The molecular weight excluding hydrogens is 244 g/mol. The fraction of sp³-hybridized carbons (Fsp3) is 0.500. The Balaban J connectivity index is 2.89. The lowest BCUT2D eigenvalue weighted by atomic mass is 9.82. The molecule has 0 aromatic heterocycles. The standard InChI is InChI=1S/C16H23F2N/c1-6-16(5,11-19-15(2,3)4)10-12-13(17)8-7-9-14(12)18/h6-9,19H,1,10-11H2,2-5H3. The Hall–Kier alpha value is -1.22. The molecule has 0 spiro atoms. The third kappa shape index (κ3) is 4.75. The van der Waals surface area contributed by atoms with Crippen molar-refractivity contribution in [3.05, 3.63) is 48.1 Å². The molecular formula is C16H23F2N. The summed E-state index contributed by atoms with van der Waals surface area (Å²) in [6, 6.07) is 3.96. The summed E-state index contributed by atoms with van der Waals surface area (Å²) in [5, 5.41) is 3.36. The van der Waals surface area contributed by atoms with Gasteiger partial charge in [0.1, 0.15) is 11.6 Å². The Morgan fingerprint density at radius 2 is 1.68 bits per heavy atom. The second-order valence-electron chi connectivity index (χ2n) is 6.34. The fourth-order valence-corrected chi connectivity index (χ4v) is 1.78. The summed E-state index contributed by atoms with van der Waals surface area (Å²) in [6.07, 6.45) is 2.05. The van der Waals surface area contributed by atoms with Crippen LogP contribution in [0, 0.1) is 17.0 Å². The first-order valence-electron chi connectivity index (χ1n) is 6.48. The van der Waals surface area contributed by atoms with Gasteiger partial charge in [0.2, 0.25) is 0 Å². The quantitative estimate of drug-likeness (QED) is 0.792. The third-order valence-corrected chi connectivity index (χ3v) is 3.16. The van der Waals surface area contributed by atoms with E-state index < -0.39 is 17.0 Å². The van der Waals surface area contributed by atoms with Crippen LogP contribution in [-0.4, -0.2) is 12.1 Å². The van der Waals surface area contributed by atoms with Gasteiger partial charge >= 0.3 is 0 Å². The van der Waals surface area contributed by atoms with Crippen LogP contribution in [0.15, 0.2) is 30.9 Å². The number of hydrogen-bond donors (Lipinski definition) is 1. The van der Waals surface area contributed by atoms with Crippen LogP contribution in [0.3, 0.4) is 0 Å². The molecule has 0 fully saturated rings. The Morgan fingerprint density at radius 1 is 1.16 bits per heavy atom. The van der Waals surface area contributed by atoms with E-state index in [-0.39, 0.29) is 17.5 Å². The van der Waals surface area contributed by atoms with Crippen LogP contribution in [0.1, 0.15) is 33.3 Å². The van der Waals surface area contributed by atoms with Gasteiger partial charge in [-0.05, 0) is 39.3 Å². The van der Waals surface area contributed by atoms with E-state index in [9.17, 15) is 8.78 Å². The van der Waals surface area contributed by atoms with E-state index >= 15 is 0 Å². The van der Waals surface area contributed by atoms with Gasteiger partial charge in [0.25, 0.3) is 0 Å². The van der Waals surface area contributed by atoms with Crippen molar-refractivity contribution in [2.75, 3.05) is 6.54 Å². The molecule has 0 heterocycles. The van der Waals surface area contributed by atoms with Crippen molar-refractivity contribution in [1.29, 1.82) is 0 Å². The first kappa shape index (κ1) is 15.8. The van der Waals surface area contributed by atoms with Crippen molar-refractivity contribution < 1.29 is 8.78 Å². The number of rotatable bonds is 5. The molecule has 1 aromatic rings. The Morgan fingerprint density at radius 3 is 2.11 bits per heavy atom. The van der Waals surface area contributed by atoms with Gasteiger partial charge in [-0.1, -0.05) is 19.1 Å². The zero-order valence-corrected chi connectivity index (χ0v) is 12.2. The summed E-state index contributed by atoms with van der Waals surface area (Å²) in [5.74, 6) is -0.993. The highest BCUT2D eigenvalue weighted by Crippen LogP contribution is 2.27. The van der Waals surface area contributed by atoms with Crippen LogP contribution in [0.2, 0.25) is 0 Å². The first-order chi connectivity index (χ1) is 8.67. The zero-order chi connectivity index (χ0) is 14.7. The first-order valence-corrected chi connectivity index (χ1v) is 6.48. The van der Waals surface area contributed by atoms with Gasteiger partial charge in [-0.2, -0.15) is 0 Å². The Labute approximate surface area is 114 Å². The number of nitrogens with one attached hydrogen (secondary N) is 1. The van der Waals surface area contributed by atoms with Gasteiger partial charge in [-0.3, -0.25) is 0 Å². The van der Waals surface area contributed by atoms with Gasteiger partial charge in [-0.15, -0.1) is 6.58 Å². The molecule has 1 N–H and O–H groups in total. The summed E-state index contributed by atoms with van der Waals surface area (Å²) < 4.78 is 27.4. The molecule has 0 saturated carbocycles. The van der Waals surface area contributed by atoms with Crippen LogP contribution in [0.5, 0.6) is 0 Å². The summed E-state index contributed by atoms with van der Waals surface area (Å²) in [5.41, 5.74) is -0.311. The summed E-state index contributed by atoms with van der Waals surface area (Å²) >= 11 is 0. The Bertz CT molecular complexity index is 428. The largest absolute Gasteiger partial charge is 0.311 e. The van der Waals surface area contributed by atoms with Gasteiger partial charge in [0.05, 0.1) is 0 Å². The predicted molar refractivity (Wildman–Crippen MR) is 76.1 cm³/mol. The van der Waals surface area contributed by atoms with Gasteiger partial charge in [0.15, 0.2) is 0 Å². The number of halogens is 2. The molecule has 0 saturated heterocycles. The van der Waals surface area contributed by atoms with E-state index in [1.54, 1.807) is 6.08 Å². The summed E-state index contributed by atoms with van der Waals surface area (Å²) in [6.45, 7) is 12.5. The SMILES string of the molecule is C=CC(C)(CNC(C)(C)C)Cc1c(F)cccc1F. The number of benzene rings is 1. The topological polar surface area (TPSA) is 12.0 Å². The predicted octanol–water partition coefficient (Wildman–Crippen LogP) is 4.09. The van der Waals surface area contributed by atoms with Crippen molar-refractivity contribution in [3.63, 3.8) is 0 Å². The van der Waals surface area contributed by atoms with E-state index in [2.05, 4.69) is 32.7 Å². The van der Waals surface area contributed by atoms with E-state index in [4.69, 9.17) is 0 Å². The molecule has 0 aliphatic heterocycles. The molecule has 19 heavy (non-hydrogen) atoms. The molecule has 0 radical (unpaired) electrons. The van der Waals surface area contributed by atoms with Crippen molar-refractivity contribution in [2.45, 2.75) is 39.7 Å². The van der Waals surface area contributed by atoms with Crippen molar-refractivity contribution in [2.24, 2.45) is 5.41 Å². The lowest BCUT2D eigenvalue weighted by Gasteiger charge is -2.31. The molecule has 0 bridgehead atoms. The summed E-state index contributed by atoms with van der Waals surface area (Å²) in [4.78, 5) is 0. The van der Waals surface area contributed by atoms with Crippen molar-refractivity contribution in [3.8, 4) is 0 Å². The maximum absolute atomic E-state index is 13.7. The average Bonchev–Trinajstić information content (AvgIpc) is 2.31. The zero-order valence-electron chi connectivity index (χ0n) is 12.2. The molecule has 1 rings (SSSR count). The average molecular weight is 267 g/mol. The molecule has 0 aliphatic rings. The summed E-state index contributed by atoms with van der Waals surface area (Å²) in [7, 11) is 0. The molecule has 106 valence electrons. The van der Waals surface area contributed by atoms with Crippen LogP contribution < -0.4 is 5.32 Å². The van der Waals surface area contributed by atoms with E-state index in [0.717, 1.165) is 0 Å². The van der Waals surface area contributed by atoms with Crippen molar-refractivity contribution >= 4 is 0 Å². The lowest BCUT2D eigenvalue weighted by molar-refractivity contribution is 0.317. The second kappa shape index (κ2) is 5.83. The third-order valence-electron chi connectivity index (χ3n) is 3.16. The minimum Gasteiger partial charge on any atom is -0.311 e. The van der Waals surface area contributed by atoms with E-state index in [0.29, 0.717) is 6.54 Å². The number of hydrogen-bond acceptors (Lipinski definition) is 1. The highest BCUT2D eigenvalue weighted by atomic mass is 19.1. The molecule has 1 unspecified atom stereocenters. The van der Waals surface area contributed by atoms with Crippen LogP contribution in [0.4, 0.5) is 8.78 Å². The van der Waals surface area contributed by atoms with Crippen LogP contribution >= 0.6 is 0 Å². The van der Waals surface area contributed by atoms with Gasteiger partial charge in [-0.25, -0.2) is 8.78 Å². The smallest absolute Gasteiger partial charge is 0.129 e. The van der Waals surface area contributed by atoms with Gasteiger partial charge < -0.3 is 5.32 Å². The van der Waals surface area contributed by atoms with E-state index in [1.807, 2.05) is 6.92 Å². The normalized spacial score (nSPS) is 15.1. The highest BCUT2D eigenvalue weighted by Gasteiger charge is 2.26. The van der Waals surface area contributed by atoms with Gasteiger partial charge in [0, 0.05) is 23.1 Å². The fourth-order valence-electron chi connectivity index (χ4n) is 1.78. The molecule has 3 heteroatoms. The van der Waals surface area contributed by atoms with Crippen LogP contribution in [0.25, 0.3) is 0 Å². The minimum absolute atomic E-state index is 0.0436. The monoisotopic (exact) mass is 267 g/mol. The second-order valence-corrected chi connectivity index (χ2v) is 6.34. The highest BCUT2D eigenvalue weighted by molar-refractivity contribution is 5.22. The molecule has 1 aromatic carbocycles. The lowest BCUT2D eigenvalue weighted by Crippen LogP contribution is -2.43. The molecule has 0 aliphatic carbocycles. The van der Waals surface area contributed by atoms with E-state index in [1.165, 1.54) is 18.2 Å². The maximum Gasteiger partial charge on any atom is 0.129 e. The maximum atomic E-state index is 13.7. The minimum atomic E-state index is -0.496. The molecule has 1 atom stereocenters.